The summed E-state index contributed by atoms with van der Waals surface area (Å²) in [6.45, 7) is 0. The molecule has 2 atom stereocenters. The minimum Gasteiger partial charge on any atom is -0.345 e. The molecular formula is C16H20N6O2. The zero-order chi connectivity index (χ0) is 16.7. The number of rotatable bonds is 4. The Morgan fingerprint density at radius 1 is 1.38 bits per heavy atom. The Balaban J connectivity index is 1.64. The lowest BCUT2D eigenvalue weighted by Crippen LogP contribution is -2.53. The maximum atomic E-state index is 12.5. The van der Waals surface area contributed by atoms with E-state index in [4.69, 9.17) is 0 Å². The van der Waals surface area contributed by atoms with Crippen LogP contribution in [0.2, 0.25) is 0 Å². The van der Waals surface area contributed by atoms with Crippen LogP contribution in [0.15, 0.2) is 24.8 Å². The highest BCUT2D eigenvalue weighted by molar-refractivity contribution is 5.92. The monoisotopic (exact) mass is 328 g/mol. The molecule has 0 spiro atoms. The fourth-order valence-electron chi connectivity index (χ4n) is 3.48. The molecule has 1 saturated heterocycles. The predicted molar refractivity (Wildman–Crippen MR) is 84.9 cm³/mol. The van der Waals surface area contributed by atoms with Crippen molar-refractivity contribution in [1.82, 2.24) is 30.0 Å². The van der Waals surface area contributed by atoms with Gasteiger partial charge < -0.3 is 14.8 Å². The van der Waals surface area contributed by atoms with Crippen LogP contribution in [-0.4, -0.2) is 48.5 Å². The first-order valence-electron chi connectivity index (χ1n) is 8.23. The molecule has 24 heavy (non-hydrogen) atoms. The van der Waals surface area contributed by atoms with Gasteiger partial charge in [0.25, 0.3) is 5.91 Å². The predicted octanol–water partition coefficient (Wildman–Crippen LogP) is 0.768. The zero-order valence-electron chi connectivity index (χ0n) is 13.5. The Morgan fingerprint density at radius 3 is 2.83 bits per heavy atom. The molecule has 2 N–H and O–H groups in total. The average Bonchev–Trinajstić information content (AvgIpc) is 3.07. The first kappa shape index (κ1) is 14.9. The molecule has 2 fully saturated rings. The molecule has 126 valence electrons. The van der Waals surface area contributed by atoms with E-state index in [1.165, 1.54) is 0 Å². The summed E-state index contributed by atoms with van der Waals surface area (Å²) >= 11 is 0. The number of imidazole rings is 1. The number of aromatic nitrogens is 4. The van der Waals surface area contributed by atoms with Gasteiger partial charge in [0.1, 0.15) is 5.69 Å². The van der Waals surface area contributed by atoms with Crippen molar-refractivity contribution in [3.8, 4) is 0 Å². The van der Waals surface area contributed by atoms with Crippen LogP contribution in [0.5, 0.6) is 0 Å². The van der Waals surface area contributed by atoms with Gasteiger partial charge in [0.2, 0.25) is 5.91 Å². The number of nitrogens with zero attached hydrogens (tertiary/aromatic N) is 4. The van der Waals surface area contributed by atoms with Gasteiger partial charge in [-0.25, -0.2) is 4.98 Å². The first-order valence-corrected chi connectivity index (χ1v) is 8.23. The van der Waals surface area contributed by atoms with E-state index in [-0.39, 0.29) is 29.9 Å². The molecule has 2 aliphatic rings. The molecule has 0 radical (unpaired) electrons. The number of carbonyl (C=O) groups excluding carboxylic acids is 2. The van der Waals surface area contributed by atoms with E-state index in [1.807, 2.05) is 16.5 Å². The van der Waals surface area contributed by atoms with Crippen molar-refractivity contribution >= 4 is 11.8 Å². The molecule has 8 heteroatoms. The van der Waals surface area contributed by atoms with Crippen LogP contribution in [0.3, 0.4) is 0 Å². The number of hydrogen-bond donors (Lipinski definition) is 2. The van der Waals surface area contributed by atoms with Gasteiger partial charge in [0.15, 0.2) is 0 Å². The maximum absolute atomic E-state index is 12.5. The second-order valence-electron chi connectivity index (χ2n) is 6.50. The maximum Gasteiger partial charge on any atom is 0.269 e. The highest BCUT2D eigenvalue weighted by atomic mass is 16.2. The van der Waals surface area contributed by atoms with Crippen molar-refractivity contribution in [3.05, 3.63) is 36.2 Å². The van der Waals surface area contributed by atoms with E-state index in [0.717, 1.165) is 18.5 Å². The zero-order valence-corrected chi connectivity index (χ0v) is 13.5. The second-order valence-corrected chi connectivity index (χ2v) is 6.50. The molecule has 0 aromatic carbocycles. The Kier molecular flexibility index (Phi) is 3.59. The van der Waals surface area contributed by atoms with Crippen molar-refractivity contribution < 1.29 is 9.59 Å². The molecule has 2 aromatic heterocycles. The van der Waals surface area contributed by atoms with Crippen LogP contribution >= 0.6 is 0 Å². The molecule has 2 aromatic rings. The SMILES string of the molecule is Cn1cncc1[C@H]1[C@H](NC(=O)c2ccn[nH]2)CCC(=O)N1C1CC1. The van der Waals surface area contributed by atoms with Crippen molar-refractivity contribution in [3.63, 3.8) is 0 Å². The highest BCUT2D eigenvalue weighted by Gasteiger charge is 2.45. The number of H-pyrrole nitrogens is 1. The standard InChI is InChI=1S/C16H20N6O2/c1-21-9-17-8-13(21)15-11(19-16(24)12-6-7-18-20-12)4-5-14(23)22(15)10-2-3-10/h6-11,15H,2-5H2,1H3,(H,18,20)(H,19,24)/t11-,15-/m1/s1. The van der Waals surface area contributed by atoms with E-state index < -0.39 is 0 Å². The topological polar surface area (TPSA) is 95.9 Å². The molecule has 1 aliphatic heterocycles. The summed E-state index contributed by atoms with van der Waals surface area (Å²) in [5.41, 5.74) is 1.37. The molecule has 0 unspecified atom stereocenters. The molecule has 2 amide bonds. The fraction of sp³-hybridized carbons (Fsp3) is 0.500. The molecule has 4 rings (SSSR count). The van der Waals surface area contributed by atoms with Gasteiger partial charge in [0, 0.05) is 25.7 Å². The van der Waals surface area contributed by atoms with E-state index in [0.29, 0.717) is 18.5 Å². The number of aromatic amines is 1. The van der Waals surface area contributed by atoms with Crippen molar-refractivity contribution in [2.24, 2.45) is 7.05 Å². The van der Waals surface area contributed by atoms with Crippen molar-refractivity contribution in [2.75, 3.05) is 0 Å². The number of hydrogen-bond acceptors (Lipinski definition) is 4. The van der Waals surface area contributed by atoms with Gasteiger partial charge in [-0.3, -0.25) is 14.7 Å². The summed E-state index contributed by atoms with van der Waals surface area (Å²) in [5.74, 6) is -0.0366. The van der Waals surface area contributed by atoms with Crippen molar-refractivity contribution in [2.45, 2.75) is 43.8 Å². The third kappa shape index (κ3) is 2.57. The third-order valence-corrected chi connectivity index (χ3v) is 4.80. The van der Waals surface area contributed by atoms with E-state index in [2.05, 4.69) is 20.5 Å². The highest BCUT2D eigenvalue weighted by Crippen LogP contribution is 2.40. The Labute approximate surface area is 139 Å². The van der Waals surface area contributed by atoms with E-state index >= 15 is 0 Å². The van der Waals surface area contributed by atoms with Gasteiger partial charge in [-0.05, 0) is 25.3 Å². The number of piperidine rings is 1. The lowest BCUT2D eigenvalue weighted by Gasteiger charge is -2.41. The minimum atomic E-state index is -0.199. The van der Waals surface area contributed by atoms with E-state index in [9.17, 15) is 9.59 Å². The van der Waals surface area contributed by atoms with Crippen LogP contribution in [0.1, 0.15) is 47.9 Å². The molecular weight excluding hydrogens is 308 g/mol. The quantitative estimate of drug-likeness (QED) is 0.866. The number of carbonyl (C=O) groups is 2. The minimum absolute atomic E-state index is 0.144. The summed E-state index contributed by atoms with van der Waals surface area (Å²) < 4.78 is 1.92. The Bertz CT molecular complexity index is 748. The summed E-state index contributed by atoms with van der Waals surface area (Å²) in [5, 5.41) is 9.58. The second kappa shape index (κ2) is 5.77. The van der Waals surface area contributed by atoms with Crippen LogP contribution in [-0.2, 0) is 11.8 Å². The molecule has 0 bridgehead atoms. The molecule has 1 saturated carbocycles. The smallest absolute Gasteiger partial charge is 0.269 e. The van der Waals surface area contributed by atoms with Crippen LogP contribution in [0.25, 0.3) is 0 Å². The van der Waals surface area contributed by atoms with Crippen LogP contribution < -0.4 is 5.32 Å². The molecule has 1 aliphatic carbocycles. The number of amides is 2. The number of aryl methyl sites for hydroxylation is 1. The summed E-state index contributed by atoms with van der Waals surface area (Å²) in [7, 11) is 1.92. The Morgan fingerprint density at radius 2 is 2.21 bits per heavy atom. The normalized spacial score (nSPS) is 24.2. The lowest BCUT2D eigenvalue weighted by molar-refractivity contribution is -0.138. The lowest BCUT2D eigenvalue weighted by atomic mass is 9.92. The largest absolute Gasteiger partial charge is 0.345 e. The molecule has 8 nitrogen and oxygen atoms in total. The van der Waals surface area contributed by atoms with E-state index in [1.54, 1.807) is 24.8 Å². The van der Waals surface area contributed by atoms with Crippen LogP contribution in [0, 0.1) is 0 Å². The third-order valence-electron chi connectivity index (χ3n) is 4.80. The van der Waals surface area contributed by atoms with Gasteiger partial charge in [-0.2, -0.15) is 5.10 Å². The van der Waals surface area contributed by atoms with Crippen molar-refractivity contribution in [1.29, 1.82) is 0 Å². The van der Waals surface area contributed by atoms with Gasteiger partial charge in [-0.1, -0.05) is 0 Å². The Hall–Kier alpha value is -2.64. The van der Waals surface area contributed by atoms with Gasteiger partial charge in [0.05, 0.1) is 30.3 Å². The van der Waals surface area contributed by atoms with Gasteiger partial charge in [-0.15, -0.1) is 0 Å². The fourth-order valence-corrected chi connectivity index (χ4v) is 3.48. The number of likely N-dealkylation sites (tertiary alicyclic amines) is 1. The average molecular weight is 328 g/mol. The summed E-state index contributed by atoms with van der Waals surface area (Å²) in [6.07, 6.45) is 8.20. The summed E-state index contributed by atoms with van der Waals surface area (Å²) in [4.78, 5) is 31.1. The number of nitrogens with one attached hydrogen (secondary N) is 2. The first-order chi connectivity index (χ1) is 11.6. The van der Waals surface area contributed by atoms with Gasteiger partial charge >= 0.3 is 0 Å². The molecule has 3 heterocycles. The summed E-state index contributed by atoms with van der Waals surface area (Å²) in [6, 6.07) is 1.60. The van der Waals surface area contributed by atoms with Crippen LogP contribution in [0.4, 0.5) is 0 Å².